The third-order valence-corrected chi connectivity index (χ3v) is 2.77. The summed E-state index contributed by atoms with van der Waals surface area (Å²) in [6.07, 6.45) is 1.11. The highest BCUT2D eigenvalue weighted by molar-refractivity contribution is 6.30. The van der Waals surface area contributed by atoms with Crippen LogP contribution in [-0.4, -0.2) is 22.2 Å². The minimum atomic E-state index is -0.708. The fourth-order valence-corrected chi connectivity index (χ4v) is 1.85. The summed E-state index contributed by atoms with van der Waals surface area (Å²) in [6.45, 7) is 0. The zero-order chi connectivity index (χ0) is 13.0. The highest BCUT2D eigenvalue weighted by atomic mass is 35.5. The van der Waals surface area contributed by atoms with Gasteiger partial charge in [-0.1, -0.05) is 23.7 Å². The van der Waals surface area contributed by atoms with Crippen LogP contribution in [0.2, 0.25) is 5.02 Å². The number of halogens is 1. The lowest BCUT2D eigenvalue weighted by molar-refractivity contribution is 0.173. The number of aliphatic hydroxyl groups excluding tert-OH is 1. The zero-order valence-corrected chi connectivity index (χ0v) is 10.6. The number of benzene rings is 1. The molecule has 4 nitrogen and oxygen atoms in total. The summed E-state index contributed by atoms with van der Waals surface area (Å²) in [6, 6.07) is 9.00. The summed E-state index contributed by atoms with van der Waals surface area (Å²) < 4.78 is 4.99. The fourth-order valence-electron chi connectivity index (χ4n) is 1.64. The largest absolute Gasteiger partial charge is 0.481 e. The molecule has 1 unspecified atom stereocenters. The lowest BCUT2D eigenvalue weighted by Gasteiger charge is -2.10. The first-order valence-corrected chi connectivity index (χ1v) is 5.85. The van der Waals surface area contributed by atoms with E-state index in [0.29, 0.717) is 23.0 Å². The molecular weight excluding hydrogens is 252 g/mol. The Balaban J connectivity index is 2.13. The van der Waals surface area contributed by atoms with Gasteiger partial charge in [0.05, 0.1) is 12.8 Å². The molecule has 5 heteroatoms. The molecule has 2 rings (SSSR count). The van der Waals surface area contributed by atoms with E-state index >= 15 is 0 Å². The molecule has 0 radical (unpaired) electrons. The van der Waals surface area contributed by atoms with Gasteiger partial charge in [-0.25, -0.2) is 9.97 Å². The van der Waals surface area contributed by atoms with Gasteiger partial charge in [0.15, 0.2) is 0 Å². The molecule has 1 heterocycles. The normalized spacial score (nSPS) is 12.2. The van der Waals surface area contributed by atoms with Crippen LogP contribution in [0.3, 0.4) is 0 Å². The molecule has 1 N–H and O–H groups in total. The molecule has 18 heavy (non-hydrogen) atoms. The van der Waals surface area contributed by atoms with Gasteiger partial charge in [0.1, 0.15) is 12.4 Å². The smallest absolute Gasteiger partial charge is 0.216 e. The van der Waals surface area contributed by atoms with Gasteiger partial charge in [0.2, 0.25) is 5.88 Å². The minimum Gasteiger partial charge on any atom is -0.481 e. The number of nitrogens with zero attached hydrogens (tertiary/aromatic N) is 2. The molecule has 1 atom stereocenters. The Kier molecular flexibility index (Phi) is 4.12. The molecule has 0 saturated carbocycles. The van der Waals surface area contributed by atoms with Crippen LogP contribution in [0.1, 0.15) is 17.4 Å². The fraction of sp³-hybridized carbons (Fsp3) is 0.231. The van der Waals surface area contributed by atoms with E-state index in [1.807, 2.05) is 18.2 Å². The molecule has 0 aliphatic carbocycles. The Morgan fingerprint density at radius 3 is 2.89 bits per heavy atom. The summed E-state index contributed by atoms with van der Waals surface area (Å²) in [4.78, 5) is 7.93. The quantitative estimate of drug-likeness (QED) is 0.921. The molecule has 0 aliphatic heterocycles. The highest BCUT2D eigenvalue weighted by Crippen LogP contribution is 2.20. The average molecular weight is 265 g/mol. The molecule has 94 valence electrons. The molecule has 0 spiro atoms. The van der Waals surface area contributed by atoms with E-state index in [0.717, 1.165) is 5.56 Å². The number of aromatic nitrogens is 2. The average Bonchev–Trinajstić information content (AvgIpc) is 2.39. The number of ether oxygens (including phenoxy) is 1. The Labute approximate surface area is 110 Å². The Morgan fingerprint density at radius 2 is 2.17 bits per heavy atom. The summed E-state index contributed by atoms with van der Waals surface area (Å²) in [7, 11) is 1.52. The molecule has 1 aromatic heterocycles. The van der Waals surface area contributed by atoms with Crippen LogP contribution < -0.4 is 4.74 Å². The van der Waals surface area contributed by atoms with Crippen LogP contribution in [-0.2, 0) is 6.42 Å². The van der Waals surface area contributed by atoms with Crippen molar-refractivity contribution in [2.75, 3.05) is 7.11 Å². The van der Waals surface area contributed by atoms with Gasteiger partial charge in [-0.05, 0) is 17.7 Å². The standard InChI is InChI=1S/C13H13ClN2O2/c1-18-13-7-11(15-8-16-13)12(17)6-9-3-2-4-10(14)5-9/h2-5,7-8,12,17H,6H2,1H3. The van der Waals surface area contributed by atoms with E-state index in [9.17, 15) is 5.11 Å². The molecule has 0 bridgehead atoms. The van der Waals surface area contributed by atoms with E-state index in [-0.39, 0.29) is 0 Å². The van der Waals surface area contributed by atoms with Crippen molar-refractivity contribution in [2.24, 2.45) is 0 Å². The summed E-state index contributed by atoms with van der Waals surface area (Å²) >= 11 is 5.89. The van der Waals surface area contributed by atoms with Gasteiger partial charge in [0, 0.05) is 17.5 Å². The van der Waals surface area contributed by atoms with Crippen molar-refractivity contribution < 1.29 is 9.84 Å². The molecule has 2 aromatic rings. The van der Waals surface area contributed by atoms with Crippen LogP contribution in [0, 0.1) is 0 Å². The predicted molar refractivity (Wildman–Crippen MR) is 68.7 cm³/mol. The van der Waals surface area contributed by atoms with E-state index in [4.69, 9.17) is 16.3 Å². The predicted octanol–water partition coefficient (Wildman–Crippen LogP) is 2.41. The molecule has 0 fully saturated rings. The second-order valence-corrected chi connectivity index (χ2v) is 4.27. The summed E-state index contributed by atoms with van der Waals surface area (Å²) in [5.74, 6) is 0.435. The number of aliphatic hydroxyl groups is 1. The second-order valence-electron chi connectivity index (χ2n) is 3.84. The maximum atomic E-state index is 10.1. The highest BCUT2D eigenvalue weighted by Gasteiger charge is 2.11. The second kappa shape index (κ2) is 5.80. The Bertz CT molecular complexity index is 534. The van der Waals surface area contributed by atoms with Crippen LogP contribution in [0.15, 0.2) is 36.7 Å². The third kappa shape index (κ3) is 3.18. The third-order valence-electron chi connectivity index (χ3n) is 2.53. The van der Waals surface area contributed by atoms with Crippen molar-refractivity contribution >= 4 is 11.6 Å². The molecule has 1 aromatic carbocycles. The van der Waals surface area contributed by atoms with Crippen molar-refractivity contribution in [3.63, 3.8) is 0 Å². The first-order valence-electron chi connectivity index (χ1n) is 5.47. The Hall–Kier alpha value is -1.65. The van der Waals surface area contributed by atoms with Gasteiger partial charge in [0.25, 0.3) is 0 Å². The lowest BCUT2D eigenvalue weighted by atomic mass is 10.1. The van der Waals surface area contributed by atoms with Gasteiger partial charge in [-0.2, -0.15) is 0 Å². The van der Waals surface area contributed by atoms with Crippen LogP contribution in [0.5, 0.6) is 5.88 Å². The number of hydrogen-bond donors (Lipinski definition) is 1. The van der Waals surface area contributed by atoms with Crippen molar-refractivity contribution in [2.45, 2.75) is 12.5 Å². The van der Waals surface area contributed by atoms with Crippen LogP contribution in [0.25, 0.3) is 0 Å². The maximum Gasteiger partial charge on any atom is 0.216 e. The topological polar surface area (TPSA) is 55.2 Å². The van der Waals surface area contributed by atoms with Crippen molar-refractivity contribution in [1.82, 2.24) is 9.97 Å². The number of rotatable bonds is 4. The van der Waals surface area contributed by atoms with E-state index in [1.165, 1.54) is 13.4 Å². The van der Waals surface area contributed by atoms with Crippen molar-refractivity contribution in [3.8, 4) is 5.88 Å². The first-order chi connectivity index (χ1) is 8.69. The monoisotopic (exact) mass is 264 g/mol. The lowest BCUT2D eigenvalue weighted by Crippen LogP contribution is -2.05. The first kappa shape index (κ1) is 12.8. The van der Waals surface area contributed by atoms with Gasteiger partial charge in [-0.3, -0.25) is 0 Å². The van der Waals surface area contributed by atoms with Gasteiger partial charge >= 0.3 is 0 Å². The van der Waals surface area contributed by atoms with E-state index in [1.54, 1.807) is 12.1 Å². The van der Waals surface area contributed by atoms with Gasteiger partial charge in [-0.15, -0.1) is 0 Å². The number of methoxy groups -OCH3 is 1. The number of hydrogen-bond acceptors (Lipinski definition) is 4. The molecule has 0 saturated heterocycles. The summed E-state index contributed by atoms with van der Waals surface area (Å²) in [5, 5.41) is 10.7. The molecule has 0 amide bonds. The van der Waals surface area contributed by atoms with Crippen LogP contribution >= 0.6 is 11.6 Å². The van der Waals surface area contributed by atoms with E-state index < -0.39 is 6.10 Å². The van der Waals surface area contributed by atoms with Crippen LogP contribution in [0.4, 0.5) is 0 Å². The maximum absolute atomic E-state index is 10.1. The molecular formula is C13H13ClN2O2. The van der Waals surface area contributed by atoms with E-state index in [2.05, 4.69) is 9.97 Å². The summed E-state index contributed by atoms with van der Waals surface area (Å²) in [5.41, 5.74) is 1.48. The SMILES string of the molecule is COc1cc(C(O)Cc2cccc(Cl)c2)ncn1. The van der Waals surface area contributed by atoms with Crippen molar-refractivity contribution in [3.05, 3.63) is 52.9 Å². The van der Waals surface area contributed by atoms with Crippen molar-refractivity contribution in [1.29, 1.82) is 0 Å². The minimum absolute atomic E-state index is 0.435. The zero-order valence-electron chi connectivity index (χ0n) is 9.88. The molecule has 0 aliphatic rings. The van der Waals surface area contributed by atoms with Gasteiger partial charge < -0.3 is 9.84 Å². The Morgan fingerprint density at radius 1 is 1.33 bits per heavy atom.